The van der Waals surface area contributed by atoms with Crippen molar-refractivity contribution in [1.29, 1.82) is 0 Å². The molecular weight excluding hydrogens is 641 g/mol. The van der Waals surface area contributed by atoms with E-state index in [1.165, 1.54) is 5.56 Å². The fraction of sp³-hybridized carbons (Fsp3) is 0.286. The van der Waals surface area contributed by atoms with Gasteiger partial charge in [-0.1, -0.05) is 0 Å². The summed E-state index contributed by atoms with van der Waals surface area (Å²) in [5.41, 5.74) is 2.31. The van der Waals surface area contributed by atoms with E-state index < -0.39 is 0 Å². The van der Waals surface area contributed by atoms with Gasteiger partial charge in [0.2, 0.25) is 0 Å². The van der Waals surface area contributed by atoms with Crippen LogP contribution >= 0.6 is 0 Å². The van der Waals surface area contributed by atoms with Gasteiger partial charge in [-0.2, -0.15) is 0 Å². The number of nitrogens with zero attached hydrogens (tertiary/aromatic N) is 3. The van der Waals surface area contributed by atoms with E-state index in [0.717, 1.165) is 72.2 Å². The molecule has 0 amide bonds. The Morgan fingerprint density at radius 1 is 1.50 bits per heavy atom. The van der Waals surface area contributed by atoms with E-state index in [4.69, 9.17) is 9.73 Å². The molecule has 1 atom stereocenters. The van der Waals surface area contributed by atoms with Crippen molar-refractivity contribution in [3.8, 4) is 5.75 Å². The number of hydrogen-bond acceptors (Lipinski definition) is 3. The number of hydrogen-bond donors (Lipinski definition) is 0. The van der Waals surface area contributed by atoms with E-state index in [0.29, 0.717) is 3.60 Å². The zero-order valence-corrected chi connectivity index (χ0v) is 19.5. The van der Waals surface area contributed by atoms with Crippen molar-refractivity contribution in [2.45, 2.75) is 10.5 Å². The summed E-state index contributed by atoms with van der Waals surface area (Å²) in [6, 6.07) is 6.15. The summed E-state index contributed by atoms with van der Waals surface area (Å²) >= 11 is 1.91. The molecule has 4 nitrogen and oxygen atoms in total. The van der Waals surface area contributed by atoms with E-state index in [2.05, 4.69) is 16.0 Å². The Labute approximate surface area is 151 Å². The molecule has 0 saturated carbocycles. The quantitative estimate of drug-likeness (QED) is 0.278. The second-order valence-corrected chi connectivity index (χ2v) is 8.08. The predicted octanol–water partition coefficient (Wildman–Crippen LogP) is 1.94. The first kappa shape index (κ1) is 16.1. The van der Waals surface area contributed by atoms with Gasteiger partial charge in [0.25, 0.3) is 0 Å². The van der Waals surface area contributed by atoms with Crippen LogP contribution < -0.4 is 4.74 Å². The molecule has 1 aliphatic rings. The summed E-state index contributed by atoms with van der Waals surface area (Å²) in [4.78, 5) is 11.4. The summed E-state index contributed by atoms with van der Waals surface area (Å²) in [6.07, 6.45) is 4.07. The van der Waals surface area contributed by atoms with Gasteiger partial charge < -0.3 is 0 Å². The van der Waals surface area contributed by atoms with Crippen molar-refractivity contribution in [3.63, 3.8) is 0 Å². The minimum absolute atomic E-state index is 0.371. The minimum atomic E-state index is 0.371. The maximum atomic E-state index is 5.29. The van der Waals surface area contributed by atoms with Crippen LogP contribution in [0.4, 0.5) is 5.69 Å². The zero-order chi connectivity index (χ0) is 14.7. The fourth-order valence-corrected chi connectivity index (χ4v) is 7.37. The van der Waals surface area contributed by atoms with Crippen LogP contribution in [0.25, 0.3) is 0 Å². The molecular formula is C14H15N3OPb2. The number of methoxy groups -OCH3 is 1. The van der Waals surface area contributed by atoms with Crippen LogP contribution in [0.2, 0.25) is 0 Å². The zero-order valence-electron chi connectivity index (χ0n) is 11.7. The Hall–Kier alpha value is -0.256. The van der Waals surface area contributed by atoms with Crippen molar-refractivity contribution in [1.82, 2.24) is 4.90 Å². The summed E-state index contributed by atoms with van der Waals surface area (Å²) in [5.74, 6) is 1.85. The molecule has 20 heavy (non-hydrogen) atoms. The van der Waals surface area contributed by atoms with E-state index in [1.54, 1.807) is 7.11 Å². The first-order chi connectivity index (χ1) is 9.62. The van der Waals surface area contributed by atoms with Crippen LogP contribution in [0.3, 0.4) is 0 Å². The number of allylic oxidation sites excluding steroid dienone is 1. The molecule has 1 aromatic carbocycles. The first-order valence-corrected chi connectivity index (χ1v) is 10.4. The third-order valence-electron chi connectivity index (χ3n) is 3.04. The number of rotatable bonds is 2. The van der Waals surface area contributed by atoms with E-state index >= 15 is 0 Å². The van der Waals surface area contributed by atoms with Gasteiger partial charge in [0.15, 0.2) is 0 Å². The molecule has 1 aliphatic heterocycles. The second-order valence-electron chi connectivity index (χ2n) is 4.21. The molecule has 1 heterocycles. The molecule has 0 N–H and O–H groups in total. The van der Waals surface area contributed by atoms with Crippen LogP contribution in [-0.2, 0) is 0 Å². The standard InChI is InChI=1S/C14H15N3O.2Pb/c1-4-5-14(15-2)17-9-11-6-7-12(18-3)8-13(11)16-10-17;;/h4-9H,1-3H3;;/b5-4-,15-14?;;. The van der Waals surface area contributed by atoms with Gasteiger partial charge in [-0.3, -0.25) is 0 Å². The van der Waals surface area contributed by atoms with Crippen LogP contribution in [0.15, 0.2) is 40.3 Å². The van der Waals surface area contributed by atoms with E-state index in [1.807, 2.05) is 38.3 Å². The Bertz CT molecular complexity index is 596. The van der Waals surface area contributed by atoms with Crippen molar-refractivity contribution < 1.29 is 4.74 Å². The van der Waals surface area contributed by atoms with Crippen molar-refractivity contribution in [2.75, 3.05) is 14.2 Å². The summed E-state index contributed by atoms with van der Waals surface area (Å²) in [5, 5.41) is 0. The monoisotopic (exact) mass is 657 g/mol. The second kappa shape index (κ2) is 7.14. The van der Waals surface area contributed by atoms with Crippen molar-refractivity contribution in [3.05, 3.63) is 35.9 Å². The SMILES string of the molecule is C/C=C\C(=NC)N1[C]([Pb])=Nc2cc(OC)ccc2[CH]1[Pb]. The van der Waals surface area contributed by atoms with Crippen LogP contribution in [0.1, 0.15) is 16.1 Å². The molecule has 0 saturated heterocycles. The summed E-state index contributed by atoms with van der Waals surface area (Å²) in [7, 11) is 3.52. The summed E-state index contributed by atoms with van der Waals surface area (Å²) < 4.78 is 6.78. The Morgan fingerprint density at radius 2 is 2.25 bits per heavy atom. The molecule has 1 unspecified atom stereocenters. The van der Waals surface area contributed by atoms with Crippen molar-refractivity contribution in [2.24, 2.45) is 9.98 Å². The number of aliphatic imine (C=N–C) groups is 2. The molecule has 0 bridgehead atoms. The molecule has 0 aromatic heterocycles. The Morgan fingerprint density at radius 3 is 2.85 bits per heavy atom. The van der Waals surface area contributed by atoms with E-state index in [9.17, 15) is 0 Å². The fourth-order valence-electron chi connectivity index (χ4n) is 2.06. The van der Waals surface area contributed by atoms with Crippen molar-refractivity contribution >= 4 is 66.5 Å². The number of benzene rings is 1. The van der Waals surface area contributed by atoms with Crippen LogP contribution in [0, 0.1) is 0 Å². The Balaban J connectivity index is 2.48. The van der Waals surface area contributed by atoms with Gasteiger partial charge >= 0.3 is 152 Å². The van der Waals surface area contributed by atoms with Crippen LogP contribution in [-0.4, -0.2) is 79.8 Å². The van der Waals surface area contributed by atoms with Gasteiger partial charge in [0.1, 0.15) is 0 Å². The molecule has 0 spiro atoms. The average molecular weight is 656 g/mol. The third kappa shape index (κ3) is 3.15. The molecule has 2 rings (SSSR count). The first-order valence-electron chi connectivity index (χ1n) is 6.20. The maximum absolute atomic E-state index is 5.29. The van der Waals surface area contributed by atoms with Gasteiger partial charge in [0, 0.05) is 0 Å². The van der Waals surface area contributed by atoms with Gasteiger partial charge in [0.05, 0.1) is 0 Å². The molecule has 0 aliphatic carbocycles. The van der Waals surface area contributed by atoms with Gasteiger partial charge in [-0.15, -0.1) is 0 Å². The van der Waals surface area contributed by atoms with Gasteiger partial charge in [-0.25, -0.2) is 0 Å². The molecule has 100 valence electrons. The molecule has 0 fully saturated rings. The molecule has 1 aromatic rings. The topological polar surface area (TPSA) is 37.2 Å². The third-order valence-corrected chi connectivity index (χ3v) is 6.62. The van der Waals surface area contributed by atoms with Gasteiger partial charge in [-0.05, 0) is 0 Å². The number of amidine groups is 2. The normalized spacial score (nSPS) is 19.1. The number of fused-ring (bicyclic) bond motifs is 1. The van der Waals surface area contributed by atoms with Crippen LogP contribution in [0.5, 0.6) is 5.75 Å². The molecule has 6 heteroatoms. The number of ether oxygens (including phenoxy) is 1. The Kier molecular flexibility index (Phi) is 5.76. The predicted molar refractivity (Wildman–Crippen MR) is 84.4 cm³/mol. The van der Waals surface area contributed by atoms with E-state index in [-0.39, 0.29) is 0 Å². The average Bonchev–Trinajstić information content (AvgIpc) is 2.45. The molecule has 6 radical (unpaired) electrons. The summed E-state index contributed by atoms with van der Waals surface area (Å²) in [6.45, 7) is 2.01.